The highest BCUT2D eigenvalue weighted by Gasteiger charge is 2.43. The van der Waals surface area contributed by atoms with E-state index >= 15 is 0 Å². The Balaban J connectivity index is 2.22. The van der Waals surface area contributed by atoms with Crippen LogP contribution in [0.2, 0.25) is 0 Å². The third-order valence-electron chi connectivity index (χ3n) is 3.73. The molecule has 1 saturated heterocycles. The van der Waals surface area contributed by atoms with Crippen LogP contribution in [0.5, 0.6) is 0 Å². The van der Waals surface area contributed by atoms with E-state index in [4.69, 9.17) is 22.7 Å². The topological polar surface area (TPSA) is 77.2 Å². The first kappa shape index (κ1) is 14.9. The molecule has 0 radical (unpaired) electrons. The highest BCUT2D eigenvalue weighted by Crippen LogP contribution is 2.32. The molecular formula is C14H19N3O2S. The summed E-state index contributed by atoms with van der Waals surface area (Å²) in [5, 5.41) is 2.90. The second kappa shape index (κ2) is 5.85. The monoisotopic (exact) mass is 293 g/mol. The molecule has 0 aliphatic carbocycles. The number of aryl methyl sites for hydroxylation is 2. The van der Waals surface area contributed by atoms with Gasteiger partial charge in [-0.2, -0.15) is 0 Å². The van der Waals surface area contributed by atoms with Crippen LogP contribution < -0.4 is 11.1 Å². The molecule has 0 spiro atoms. The molecule has 3 N–H and O–H groups in total. The number of carbonyl (C=O) groups excluding carboxylic acids is 1. The largest absolute Gasteiger partial charge is 0.392 e. The molecule has 1 aliphatic heterocycles. The predicted octanol–water partition coefficient (Wildman–Crippen LogP) is 1.72. The number of rotatable bonds is 3. The molecular weight excluding hydrogens is 274 g/mol. The predicted molar refractivity (Wildman–Crippen MR) is 81.6 cm³/mol. The molecule has 2 rings (SSSR count). The summed E-state index contributed by atoms with van der Waals surface area (Å²) in [7, 11) is 0. The lowest BCUT2D eigenvalue weighted by atomic mass is 9.79. The Morgan fingerprint density at radius 3 is 2.60 bits per heavy atom. The minimum absolute atomic E-state index is 0.165. The number of hydrogen-bond donors (Lipinski definition) is 2. The summed E-state index contributed by atoms with van der Waals surface area (Å²) in [6.45, 7) is 4.76. The van der Waals surface area contributed by atoms with Crippen molar-refractivity contribution in [3.05, 3.63) is 23.5 Å². The van der Waals surface area contributed by atoms with Crippen molar-refractivity contribution < 1.29 is 9.53 Å². The van der Waals surface area contributed by atoms with Gasteiger partial charge in [-0.25, -0.2) is 0 Å². The number of nitrogens with zero attached hydrogens (tertiary/aromatic N) is 1. The molecule has 0 saturated carbocycles. The Morgan fingerprint density at radius 1 is 1.40 bits per heavy atom. The molecule has 5 nitrogen and oxygen atoms in total. The SMILES string of the molecule is Cc1ccc(NC(=O)C2(C(N)=S)CCOCC2)c(C)n1. The van der Waals surface area contributed by atoms with Gasteiger partial charge in [0.25, 0.3) is 0 Å². The minimum atomic E-state index is -0.815. The number of nitrogens with two attached hydrogens (primary N) is 1. The van der Waals surface area contributed by atoms with Gasteiger partial charge in [0.15, 0.2) is 0 Å². The Kier molecular flexibility index (Phi) is 4.35. The average molecular weight is 293 g/mol. The van der Waals surface area contributed by atoms with E-state index in [1.54, 1.807) is 0 Å². The molecule has 0 bridgehead atoms. The van der Waals surface area contributed by atoms with Crippen molar-refractivity contribution in [2.24, 2.45) is 11.1 Å². The van der Waals surface area contributed by atoms with Gasteiger partial charge in [-0.3, -0.25) is 9.78 Å². The van der Waals surface area contributed by atoms with Crippen LogP contribution >= 0.6 is 12.2 Å². The van der Waals surface area contributed by atoms with Crippen molar-refractivity contribution in [3.63, 3.8) is 0 Å². The summed E-state index contributed by atoms with van der Waals surface area (Å²) in [4.78, 5) is 17.2. The van der Waals surface area contributed by atoms with Crippen LogP contribution in [0, 0.1) is 19.3 Å². The molecule has 1 fully saturated rings. The third kappa shape index (κ3) is 2.81. The van der Waals surface area contributed by atoms with Crippen LogP contribution in [0.25, 0.3) is 0 Å². The standard InChI is InChI=1S/C14H19N3O2S/c1-9-3-4-11(10(2)16-9)17-13(18)14(12(15)20)5-7-19-8-6-14/h3-4H,5-8H2,1-2H3,(H2,15,20)(H,17,18). The van der Waals surface area contributed by atoms with Crippen molar-refractivity contribution >= 4 is 28.8 Å². The lowest BCUT2D eigenvalue weighted by Gasteiger charge is -2.34. The van der Waals surface area contributed by atoms with Gasteiger partial charge in [0.1, 0.15) is 5.41 Å². The molecule has 1 amide bonds. The molecule has 1 aliphatic rings. The molecule has 1 aromatic rings. The summed E-state index contributed by atoms with van der Waals surface area (Å²) >= 11 is 5.12. The van der Waals surface area contributed by atoms with E-state index in [1.165, 1.54) is 0 Å². The van der Waals surface area contributed by atoms with Crippen LogP contribution in [0.15, 0.2) is 12.1 Å². The van der Waals surface area contributed by atoms with Crippen molar-refractivity contribution in [1.82, 2.24) is 4.98 Å². The number of anilines is 1. The van der Waals surface area contributed by atoms with Gasteiger partial charge in [0.05, 0.1) is 16.4 Å². The van der Waals surface area contributed by atoms with Gasteiger partial charge in [0, 0.05) is 18.9 Å². The molecule has 6 heteroatoms. The number of thiocarbonyl (C=S) groups is 1. The first-order valence-corrected chi connectivity index (χ1v) is 7.00. The van der Waals surface area contributed by atoms with Crippen LogP contribution in [0.4, 0.5) is 5.69 Å². The van der Waals surface area contributed by atoms with Crippen molar-refractivity contribution in [1.29, 1.82) is 0 Å². The van der Waals surface area contributed by atoms with Gasteiger partial charge in [-0.05, 0) is 38.8 Å². The normalized spacial score (nSPS) is 17.5. The number of pyridine rings is 1. The van der Waals surface area contributed by atoms with Crippen LogP contribution in [0.3, 0.4) is 0 Å². The van der Waals surface area contributed by atoms with Crippen molar-refractivity contribution in [2.75, 3.05) is 18.5 Å². The van der Waals surface area contributed by atoms with Gasteiger partial charge in [-0.1, -0.05) is 12.2 Å². The van der Waals surface area contributed by atoms with E-state index in [2.05, 4.69) is 10.3 Å². The quantitative estimate of drug-likeness (QED) is 0.830. The fraction of sp³-hybridized carbons (Fsp3) is 0.500. The van der Waals surface area contributed by atoms with Crippen molar-refractivity contribution in [3.8, 4) is 0 Å². The lowest BCUT2D eigenvalue weighted by molar-refractivity contribution is -0.126. The van der Waals surface area contributed by atoms with Gasteiger partial charge in [0.2, 0.25) is 5.91 Å². The van der Waals surface area contributed by atoms with Gasteiger partial charge < -0.3 is 15.8 Å². The fourth-order valence-corrected chi connectivity index (χ4v) is 2.66. The highest BCUT2D eigenvalue weighted by atomic mass is 32.1. The molecule has 2 heterocycles. The smallest absolute Gasteiger partial charge is 0.237 e. The van der Waals surface area contributed by atoms with Crippen LogP contribution in [-0.4, -0.2) is 29.1 Å². The fourth-order valence-electron chi connectivity index (χ4n) is 2.37. The Morgan fingerprint density at radius 2 is 2.05 bits per heavy atom. The van der Waals surface area contributed by atoms with Gasteiger partial charge in [-0.15, -0.1) is 0 Å². The molecule has 0 atom stereocenters. The van der Waals surface area contributed by atoms with Gasteiger partial charge >= 0.3 is 0 Å². The highest BCUT2D eigenvalue weighted by molar-refractivity contribution is 7.80. The third-order valence-corrected chi connectivity index (χ3v) is 4.12. The lowest BCUT2D eigenvalue weighted by Crippen LogP contribution is -2.49. The van der Waals surface area contributed by atoms with E-state index in [1.807, 2.05) is 26.0 Å². The minimum Gasteiger partial charge on any atom is -0.392 e. The number of amides is 1. The van der Waals surface area contributed by atoms with E-state index in [0.717, 1.165) is 11.4 Å². The zero-order valence-corrected chi connectivity index (χ0v) is 12.5. The number of ether oxygens (including phenoxy) is 1. The maximum atomic E-state index is 12.6. The molecule has 108 valence electrons. The van der Waals surface area contributed by atoms with E-state index in [-0.39, 0.29) is 10.9 Å². The average Bonchev–Trinajstić information content (AvgIpc) is 2.42. The molecule has 0 unspecified atom stereocenters. The second-order valence-electron chi connectivity index (χ2n) is 5.10. The molecule has 0 aromatic carbocycles. The summed E-state index contributed by atoms with van der Waals surface area (Å²) in [6, 6.07) is 3.71. The first-order valence-electron chi connectivity index (χ1n) is 6.59. The van der Waals surface area contributed by atoms with E-state index in [0.29, 0.717) is 31.7 Å². The summed E-state index contributed by atoms with van der Waals surface area (Å²) in [5.74, 6) is -0.165. The molecule has 1 aromatic heterocycles. The maximum absolute atomic E-state index is 12.6. The number of carbonyl (C=O) groups is 1. The Labute approximate surface area is 123 Å². The van der Waals surface area contributed by atoms with E-state index in [9.17, 15) is 4.79 Å². The number of nitrogens with one attached hydrogen (secondary N) is 1. The van der Waals surface area contributed by atoms with Crippen LogP contribution in [-0.2, 0) is 9.53 Å². The Hall–Kier alpha value is -1.53. The Bertz CT molecular complexity index is 539. The van der Waals surface area contributed by atoms with Crippen molar-refractivity contribution in [2.45, 2.75) is 26.7 Å². The second-order valence-corrected chi connectivity index (χ2v) is 5.54. The summed E-state index contributed by atoms with van der Waals surface area (Å²) in [6.07, 6.45) is 1.04. The first-order chi connectivity index (χ1) is 9.45. The number of aromatic nitrogens is 1. The maximum Gasteiger partial charge on any atom is 0.237 e. The summed E-state index contributed by atoms with van der Waals surface area (Å²) in [5.41, 5.74) is 7.39. The van der Waals surface area contributed by atoms with E-state index < -0.39 is 5.41 Å². The zero-order chi connectivity index (χ0) is 14.8. The summed E-state index contributed by atoms with van der Waals surface area (Å²) < 4.78 is 5.31. The molecule has 20 heavy (non-hydrogen) atoms. The number of hydrogen-bond acceptors (Lipinski definition) is 4. The zero-order valence-electron chi connectivity index (χ0n) is 11.7. The van der Waals surface area contributed by atoms with Crippen LogP contribution in [0.1, 0.15) is 24.2 Å².